The number of ether oxygens (including phenoxy) is 2. The van der Waals surface area contributed by atoms with Crippen LogP contribution in [0.3, 0.4) is 0 Å². The maximum Gasteiger partial charge on any atom is 0.311 e. The SMILES string of the molecule is CC(C)(C)CC(=O)Oc1ccc([C@@H](O)CNC(C)(C)C)cc1OC(=O)CC(C)(C)C. The van der Waals surface area contributed by atoms with E-state index in [9.17, 15) is 14.7 Å². The van der Waals surface area contributed by atoms with Gasteiger partial charge in [0.15, 0.2) is 11.5 Å². The molecule has 2 N–H and O–H groups in total. The largest absolute Gasteiger partial charge is 0.423 e. The summed E-state index contributed by atoms with van der Waals surface area (Å²) in [6.07, 6.45) is -0.369. The highest BCUT2D eigenvalue weighted by Gasteiger charge is 2.23. The van der Waals surface area contributed by atoms with E-state index in [1.165, 1.54) is 0 Å². The minimum Gasteiger partial charge on any atom is -0.423 e. The predicted octanol–water partition coefficient (Wildman–Crippen LogP) is 4.79. The molecule has 0 unspecified atom stereocenters. The number of benzene rings is 1. The lowest BCUT2D eigenvalue weighted by molar-refractivity contribution is -0.139. The molecule has 0 aliphatic rings. The van der Waals surface area contributed by atoms with E-state index in [1.54, 1.807) is 18.2 Å². The molecule has 0 radical (unpaired) electrons. The van der Waals surface area contributed by atoms with Crippen LogP contribution in [0.15, 0.2) is 18.2 Å². The van der Waals surface area contributed by atoms with Gasteiger partial charge < -0.3 is 19.9 Å². The van der Waals surface area contributed by atoms with Crippen molar-refractivity contribution in [3.63, 3.8) is 0 Å². The molecule has 30 heavy (non-hydrogen) atoms. The first-order chi connectivity index (χ1) is 13.5. The van der Waals surface area contributed by atoms with Crippen LogP contribution in [0.25, 0.3) is 0 Å². The van der Waals surface area contributed by atoms with Crippen LogP contribution in [-0.2, 0) is 9.59 Å². The molecule has 0 saturated carbocycles. The Hall–Kier alpha value is -1.92. The summed E-state index contributed by atoms with van der Waals surface area (Å²) in [6, 6.07) is 4.81. The Balaban J connectivity index is 3.11. The van der Waals surface area contributed by atoms with Crippen LogP contribution in [0, 0.1) is 10.8 Å². The van der Waals surface area contributed by atoms with Crippen LogP contribution in [-0.4, -0.2) is 29.1 Å². The number of hydrogen-bond donors (Lipinski definition) is 2. The average molecular weight is 422 g/mol. The Kier molecular flexibility index (Phi) is 8.64. The van der Waals surface area contributed by atoms with Crippen molar-refractivity contribution in [1.29, 1.82) is 0 Å². The van der Waals surface area contributed by atoms with Gasteiger partial charge in [0.25, 0.3) is 0 Å². The van der Waals surface area contributed by atoms with Gasteiger partial charge in [0.2, 0.25) is 0 Å². The molecule has 170 valence electrons. The first kappa shape index (κ1) is 26.1. The molecular weight excluding hydrogens is 382 g/mol. The van der Waals surface area contributed by atoms with E-state index < -0.39 is 18.0 Å². The number of nitrogens with one attached hydrogen (secondary N) is 1. The molecular formula is C24H39NO5. The third-order valence-corrected chi connectivity index (χ3v) is 3.98. The standard InChI is InChI=1S/C24H39NO5/c1-22(2,3)13-20(27)29-18-11-10-16(17(26)15-25-24(7,8)9)12-19(18)30-21(28)14-23(4,5)6/h10-12,17,25-26H,13-15H2,1-9H3/t17-/m0/s1. The van der Waals surface area contributed by atoms with Crippen molar-refractivity contribution in [1.82, 2.24) is 5.32 Å². The van der Waals surface area contributed by atoms with Crippen molar-refractivity contribution < 1.29 is 24.2 Å². The molecule has 6 heteroatoms. The van der Waals surface area contributed by atoms with Crippen LogP contribution in [0.5, 0.6) is 11.5 Å². The molecule has 1 rings (SSSR count). The van der Waals surface area contributed by atoms with Gasteiger partial charge in [-0.15, -0.1) is 0 Å². The highest BCUT2D eigenvalue weighted by Crippen LogP contribution is 2.33. The number of carbonyl (C=O) groups is 2. The summed E-state index contributed by atoms with van der Waals surface area (Å²) in [5.41, 5.74) is -0.0465. The fraction of sp³-hybridized carbons (Fsp3) is 0.667. The maximum absolute atomic E-state index is 12.4. The van der Waals surface area contributed by atoms with Gasteiger partial charge >= 0.3 is 11.9 Å². The van der Waals surface area contributed by atoms with E-state index in [4.69, 9.17) is 9.47 Å². The zero-order chi connectivity index (χ0) is 23.3. The van der Waals surface area contributed by atoms with Crippen molar-refractivity contribution in [3.8, 4) is 11.5 Å². The summed E-state index contributed by atoms with van der Waals surface area (Å²) in [5.74, 6) is -0.515. The first-order valence-electron chi connectivity index (χ1n) is 10.4. The van der Waals surface area contributed by atoms with E-state index in [0.29, 0.717) is 12.1 Å². The predicted molar refractivity (Wildman–Crippen MR) is 119 cm³/mol. The summed E-state index contributed by atoms with van der Waals surface area (Å²) in [7, 11) is 0. The summed E-state index contributed by atoms with van der Waals surface area (Å²) in [5, 5.41) is 13.8. The van der Waals surface area contributed by atoms with Crippen molar-refractivity contribution in [2.24, 2.45) is 10.8 Å². The van der Waals surface area contributed by atoms with Crippen LogP contribution < -0.4 is 14.8 Å². The molecule has 0 aliphatic heterocycles. The molecule has 0 amide bonds. The van der Waals surface area contributed by atoms with Crippen molar-refractivity contribution in [2.75, 3.05) is 6.54 Å². The molecule has 0 fully saturated rings. The van der Waals surface area contributed by atoms with Gasteiger partial charge in [-0.1, -0.05) is 47.6 Å². The second-order valence-electron chi connectivity index (χ2n) is 11.3. The zero-order valence-corrected chi connectivity index (χ0v) is 20.0. The summed E-state index contributed by atoms with van der Waals surface area (Å²) < 4.78 is 11.0. The second kappa shape index (κ2) is 9.92. The van der Waals surface area contributed by atoms with Gasteiger partial charge in [-0.2, -0.15) is 0 Å². The average Bonchev–Trinajstić information content (AvgIpc) is 2.49. The number of aliphatic hydroxyl groups is 1. The van der Waals surface area contributed by atoms with E-state index >= 15 is 0 Å². The maximum atomic E-state index is 12.4. The van der Waals surface area contributed by atoms with E-state index in [0.717, 1.165) is 0 Å². The Morgan fingerprint density at radius 1 is 0.867 bits per heavy atom. The van der Waals surface area contributed by atoms with Crippen LogP contribution in [0.2, 0.25) is 0 Å². The second-order valence-corrected chi connectivity index (χ2v) is 11.3. The van der Waals surface area contributed by atoms with Gasteiger partial charge in [0.1, 0.15) is 0 Å². The molecule has 0 saturated heterocycles. The van der Waals surface area contributed by atoms with Crippen LogP contribution in [0.1, 0.15) is 86.8 Å². The lowest BCUT2D eigenvalue weighted by Crippen LogP contribution is -2.38. The topological polar surface area (TPSA) is 84.9 Å². The number of aliphatic hydroxyl groups excluding tert-OH is 1. The number of carbonyl (C=O) groups excluding carboxylic acids is 2. The smallest absolute Gasteiger partial charge is 0.311 e. The minimum absolute atomic E-state index is 0.138. The van der Waals surface area contributed by atoms with Gasteiger partial charge in [-0.25, -0.2) is 0 Å². The fourth-order valence-electron chi connectivity index (χ4n) is 2.60. The lowest BCUT2D eigenvalue weighted by Gasteiger charge is -2.23. The molecule has 1 atom stereocenters. The Morgan fingerprint density at radius 3 is 1.77 bits per heavy atom. The Labute approximate surface area is 181 Å². The summed E-state index contributed by atoms with van der Waals surface area (Å²) >= 11 is 0. The molecule has 0 bridgehead atoms. The fourth-order valence-corrected chi connectivity index (χ4v) is 2.60. The monoisotopic (exact) mass is 421 g/mol. The number of esters is 2. The third-order valence-electron chi connectivity index (χ3n) is 3.98. The van der Waals surface area contributed by atoms with Gasteiger partial charge in [0.05, 0.1) is 18.9 Å². The highest BCUT2D eigenvalue weighted by molar-refractivity contribution is 5.77. The van der Waals surface area contributed by atoms with Gasteiger partial charge in [0, 0.05) is 12.1 Å². The third kappa shape index (κ3) is 10.7. The van der Waals surface area contributed by atoms with Gasteiger partial charge in [-0.05, 0) is 49.3 Å². The van der Waals surface area contributed by atoms with E-state index in [-0.39, 0.29) is 40.7 Å². The van der Waals surface area contributed by atoms with E-state index in [2.05, 4.69) is 5.32 Å². The van der Waals surface area contributed by atoms with Crippen molar-refractivity contribution in [2.45, 2.75) is 86.8 Å². The molecule has 1 aromatic carbocycles. The molecule has 0 aromatic heterocycles. The first-order valence-corrected chi connectivity index (χ1v) is 10.4. The normalized spacial score (nSPS) is 13.7. The molecule has 6 nitrogen and oxygen atoms in total. The van der Waals surface area contributed by atoms with E-state index in [1.807, 2.05) is 62.3 Å². The van der Waals surface area contributed by atoms with Crippen molar-refractivity contribution >= 4 is 11.9 Å². The molecule has 1 aromatic rings. The quantitative estimate of drug-likeness (QED) is 0.486. The number of rotatable bonds is 7. The minimum atomic E-state index is -0.802. The number of hydrogen-bond acceptors (Lipinski definition) is 6. The molecule has 0 aliphatic carbocycles. The summed E-state index contributed by atoms with van der Waals surface area (Å²) in [6.45, 7) is 18.0. The molecule has 0 spiro atoms. The Morgan fingerprint density at radius 2 is 1.33 bits per heavy atom. The zero-order valence-electron chi connectivity index (χ0n) is 20.0. The Bertz CT molecular complexity index is 735. The lowest BCUT2D eigenvalue weighted by atomic mass is 9.92. The van der Waals surface area contributed by atoms with Crippen LogP contribution in [0.4, 0.5) is 0 Å². The summed E-state index contributed by atoms with van der Waals surface area (Å²) in [4.78, 5) is 24.7. The van der Waals surface area contributed by atoms with Crippen molar-refractivity contribution in [3.05, 3.63) is 23.8 Å². The van der Waals surface area contributed by atoms with Gasteiger partial charge in [-0.3, -0.25) is 9.59 Å². The highest BCUT2D eigenvalue weighted by atomic mass is 16.6. The van der Waals surface area contributed by atoms with Crippen LogP contribution >= 0.6 is 0 Å². The molecule has 0 heterocycles. The number of β-amino-alcohol motifs (C(OH)–C–C–N with tert-alkyl or cyclic N) is 1.